The van der Waals surface area contributed by atoms with Crippen LogP contribution >= 0.6 is 0 Å². The number of benzene rings is 1. The first-order valence-electron chi connectivity index (χ1n) is 5.00. The number of furan rings is 1. The highest BCUT2D eigenvalue weighted by molar-refractivity contribution is 7.89. The number of nitrogens with one attached hydrogen (secondary N) is 1. The van der Waals surface area contributed by atoms with Crippen molar-refractivity contribution in [1.82, 2.24) is 4.72 Å². The molecule has 0 saturated heterocycles. The molecule has 1 aromatic heterocycles. The molecule has 4 heteroatoms. The third-order valence-electron chi connectivity index (χ3n) is 2.19. The molecule has 2 aromatic rings. The van der Waals surface area contributed by atoms with E-state index in [1.807, 2.05) is 43.3 Å². The first kappa shape index (κ1) is 11.3. The van der Waals surface area contributed by atoms with Gasteiger partial charge in [-0.05, 0) is 31.2 Å². The fourth-order valence-electron chi connectivity index (χ4n) is 1.30. The third kappa shape index (κ3) is 2.88. The molecule has 2 rings (SSSR count). The molecule has 0 spiro atoms. The normalized spacial score (nSPS) is 12.6. The largest absolute Gasteiger partial charge is 0.593 e. The molecular weight excluding hydrogens is 222 g/mol. The summed E-state index contributed by atoms with van der Waals surface area (Å²) in [6.07, 6.45) is 1.60. The molecule has 0 fully saturated rings. The first-order chi connectivity index (χ1) is 7.75. The minimum atomic E-state index is -1.19. The zero-order chi connectivity index (χ0) is 11.4. The molecule has 84 valence electrons. The Balaban J connectivity index is 1.93. The zero-order valence-electron chi connectivity index (χ0n) is 8.97. The minimum Gasteiger partial charge on any atom is -0.593 e. The lowest BCUT2D eigenvalue weighted by Gasteiger charge is -2.09. The van der Waals surface area contributed by atoms with Crippen molar-refractivity contribution in [2.75, 3.05) is 0 Å². The second-order valence-corrected chi connectivity index (χ2v) is 4.78. The Morgan fingerprint density at radius 2 is 2.00 bits per heavy atom. The van der Waals surface area contributed by atoms with Gasteiger partial charge in [0.2, 0.25) is 0 Å². The smallest absolute Gasteiger partial charge is 0.173 e. The molecule has 0 bridgehead atoms. The van der Waals surface area contributed by atoms with E-state index in [0.717, 1.165) is 16.2 Å². The van der Waals surface area contributed by atoms with E-state index in [2.05, 4.69) is 4.72 Å². The summed E-state index contributed by atoms with van der Waals surface area (Å²) in [5.41, 5.74) is 1.16. The molecule has 3 nitrogen and oxygen atoms in total. The summed E-state index contributed by atoms with van der Waals surface area (Å²) in [5, 5.41) is 0. The fourth-order valence-corrected chi connectivity index (χ4v) is 2.12. The standard InChI is InChI=1S/C12H13NO2S/c1-10-4-6-12(7-5-10)16(14)13-9-11-3-2-8-15-11/h2-8,13H,9H2,1H3. The molecule has 16 heavy (non-hydrogen) atoms. The number of hydrogen-bond donors (Lipinski definition) is 1. The second kappa shape index (κ2) is 5.21. The van der Waals surface area contributed by atoms with Gasteiger partial charge in [-0.2, -0.15) is 0 Å². The van der Waals surface area contributed by atoms with Crippen molar-refractivity contribution in [1.29, 1.82) is 0 Å². The summed E-state index contributed by atoms with van der Waals surface area (Å²) in [7, 11) is 0. The average molecular weight is 235 g/mol. The van der Waals surface area contributed by atoms with E-state index in [0.29, 0.717) is 6.54 Å². The Bertz CT molecular complexity index is 425. The molecule has 1 N–H and O–H groups in total. The van der Waals surface area contributed by atoms with E-state index >= 15 is 0 Å². The maximum Gasteiger partial charge on any atom is 0.173 e. The van der Waals surface area contributed by atoms with Gasteiger partial charge < -0.3 is 8.97 Å². The number of rotatable bonds is 4. The van der Waals surface area contributed by atoms with Crippen LogP contribution in [0.3, 0.4) is 0 Å². The van der Waals surface area contributed by atoms with Crippen molar-refractivity contribution < 1.29 is 8.97 Å². The second-order valence-electron chi connectivity index (χ2n) is 3.48. The van der Waals surface area contributed by atoms with Crippen molar-refractivity contribution in [3.8, 4) is 0 Å². The van der Waals surface area contributed by atoms with Crippen LogP contribution < -0.4 is 4.72 Å². The van der Waals surface area contributed by atoms with Gasteiger partial charge in [0.25, 0.3) is 0 Å². The Morgan fingerprint density at radius 1 is 1.25 bits per heavy atom. The van der Waals surface area contributed by atoms with E-state index in [-0.39, 0.29) is 0 Å². The van der Waals surface area contributed by atoms with Crippen LogP contribution in [-0.2, 0) is 17.9 Å². The summed E-state index contributed by atoms with van der Waals surface area (Å²) in [6.45, 7) is 2.47. The lowest BCUT2D eigenvalue weighted by molar-refractivity contribution is 0.498. The Hall–Kier alpha value is -1.23. The first-order valence-corrected chi connectivity index (χ1v) is 6.15. The summed E-state index contributed by atoms with van der Waals surface area (Å²) in [5.74, 6) is 0.778. The Morgan fingerprint density at radius 3 is 2.62 bits per heavy atom. The highest BCUT2D eigenvalue weighted by atomic mass is 32.2. The fraction of sp³-hybridized carbons (Fsp3) is 0.167. The molecule has 1 unspecified atom stereocenters. The summed E-state index contributed by atoms with van der Waals surface area (Å²) in [4.78, 5) is 0.775. The van der Waals surface area contributed by atoms with Crippen LogP contribution in [0.5, 0.6) is 0 Å². The van der Waals surface area contributed by atoms with Crippen LogP contribution in [0.4, 0.5) is 0 Å². The SMILES string of the molecule is Cc1ccc([S+]([O-])NCc2ccco2)cc1. The van der Waals surface area contributed by atoms with Crippen molar-refractivity contribution in [2.45, 2.75) is 18.4 Å². The van der Waals surface area contributed by atoms with Gasteiger partial charge in [0.05, 0.1) is 24.2 Å². The maximum atomic E-state index is 11.8. The minimum absolute atomic E-state index is 0.466. The van der Waals surface area contributed by atoms with Crippen LogP contribution in [0, 0.1) is 6.92 Å². The van der Waals surface area contributed by atoms with E-state index in [4.69, 9.17) is 4.42 Å². The van der Waals surface area contributed by atoms with E-state index in [9.17, 15) is 4.55 Å². The monoisotopic (exact) mass is 235 g/mol. The van der Waals surface area contributed by atoms with Crippen molar-refractivity contribution >= 4 is 11.4 Å². The topological polar surface area (TPSA) is 48.2 Å². The molecule has 1 atom stereocenters. The van der Waals surface area contributed by atoms with Gasteiger partial charge >= 0.3 is 0 Å². The zero-order valence-corrected chi connectivity index (χ0v) is 9.79. The Labute approximate surface area is 97.8 Å². The summed E-state index contributed by atoms with van der Waals surface area (Å²) >= 11 is -1.19. The molecule has 0 amide bonds. The quantitative estimate of drug-likeness (QED) is 0.828. The predicted molar refractivity (Wildman–Crippen MR) is 63.1 cm³/mol. The molecule has 0 radical (unpaired) electrons. The van der Waals surface area contributed by atoms with Gasteiger partial charge in [-0.1, -0.05) is 17.7 Å². The third-order valence-corrected chi connectivity index (χ3v) is 3.30. The molecule has 0 aliphatic rings. The predicted octanol–water partition coefficient (Wildman–Crippen LogP) is 2.40. The summed E-state index contributed by atoms with van der Waals surface area (Å²) < 4.78 is 19.9. The molecule has 1 aromatic carbocycles. The van der Waals surface area contributed by atoms with Gasteiger partial charge in [-0.3, -0.25) is 0 Å². The molecular formula is C12H13NO2S. The van der Waals surface area contributed by atoms with E-state index in [1.165, 1.54) is 0 Å². The van der Waals surface area contributed by atoms with Crippen LogP contribution in [-0.4, -0.2) is 4.55 Å². The van der Waals surface area contributed by atoms with Gasteiger partial charge in [0, 0.05) is 0 Å². The molecule has 1 heterocycles. The Kier molecular flexibility index (Phi) is 3.66. The summed E-state index contributed by atoms with van der Waals surface area (Å²) in [6, 6.07) is 11.3. The van der Waals surface area contributed by atoms with Crippen LogP contribution in [0.2, 0.25) is 0 Å². The molecule has 0 aliphatic carbocycles. The highest BCUT2D eigenvalue weighted by Crippen LogP contribution is 2.10. The van der Waals surface area contributed by atoms with Crippen LogP contribution in [0.1, 0.15) is 11.3 Å². The number of aryl methyl sites for hydroxylation is 1. The lowest BCUT2D eigenvalue weighted by Crippen LogP contribution is -2.22. The molecule has 0 aliphatic heterocycles. The van der Waals surface area contributed by atoms with Crippen molar-refractivity contribution in [3.05, 3.63) is 54.0 Å². The van der Waals surface area contributed by atoms with Crippen molar-refractivity contribution in [3.63, 3.8) is 0 Å². The van der Waals surface area contributed by atoms with Gasteiger partial charge in [0.1, 0.15) is 5.76 Å². The van der Waals surface area contributed by atoms with Crippen molar-refractivity contribution in [2.24, 2.45) is 0 Å². The number of hydrogen-bond acceptors (Lipinski definition) is 3. The lowest BCUT2D eigenvalue weighted by atomic mass is 10.2. The average Bonchev–Trinajstić information content (AvgIpc) is 2.80. The van der Waals surface area contributed by atoms with E-state index < -0.39 is 11.4 Å². The van der Waals surface area contributed by atoms with Crippen LogP contribution in [0.25, 0.3) is 0 Å². The maximum absolute atomic E-state index is 11.8. The van der Waals surface area contributed by atoms with Crippen LogP contribution in [0.15, 0.2) is 52.0 Å². The van der Waals surface area contributed by atoms with Gasteiger partial charge in [0.15, 0.2) is 4.90 Å². The van der Waals surface area contributed by atoms with E-state index in [1.54, 1.807) is 6.26 Å². The van der Waals surface area contributed by atoms with Gasteiger partial charge in [-0.25, -0.2) is 0 Å². The molecule has 0 saturated carbocycles. The van der Waals surface area contributed by atoms with Gasteiger partial charge in [-0.15, -0.1) is 4.72 Å². The highest BCUT2D eigenvalue weighted by Gasteiger charge is 2.10.